The van der Waals surface area contributed by atoms with E-state index in [1.54, 1.807) is 53.4 Å². The summed E-state index contributed by atoms with van der Waals surface area (Å²) in [7, 11) is 0. The van der Waals surface area contributed by atoms with E-state index < -0.39 is 29.0 Å². The third kappa shape index (κ3) is 7.00. The maximum absolute atomic E-state index is 13.3. The van der Waals surface area contributed by atoms with Crippen molar-refractivity contribution >= 4 is 23.9 Å². The van der Waals surface area contributed by atoms with Crippen LogP contribution < -0.4 is 0 Å². The molecule has 3 aliphatic heterocycles. The predicted octanol–water partition coefficient (Wildman–Crippen LogP) is 5.09. The van der Waals surface area contributed by atoms with E-state index in [2.05, 4.69) is 5.16 Å². The molecule has 1 aromatic rings. The van der Waals surface area contributed by atoms with Crippen molar-refractivity contribution in [2.75, 3.05) is 13.1 Å². The Bertz CT molecular complexity index is 1080. The number of hydrogen-bond donors (Lipinski definition) is 0. The van der Waals surface area contributed by atoms with Gasteiger partial charge in [-0.2, -0.15) is 5.06 Å². The third-order valence-electron chi connectivity index (χ3n) is 6.58. The number of oxime groups is 1. The fourth-order valence-electron chi connectivity index (χ4n) is 4.91. The van der Waals surface area contributed by atoms with Crippen molar-refractivity contribution in [3.8, 4) is 0 Å². The van der Waals surface area contributed by atoms with Gasteiger partial charge in [0.25, 0.3) is 0 Å². The van der Waals surface area contributed by atoms with Gasteiger partial charge in [0.15, 0.2) is 5.60 Å². The summed E-state index contributed by atoms with van der Waals surface area (Å²) >= 11 is 0. The first kappa shape index (κ1) is 28.7. The van der Waals surface area contributed by atoms with Gasteiger partial charge in [0, 0.05) is 13.0 Å². The first-order valence-electron chi connectivity index (χ1n) is 13.4. The Morgan fingerprint density at radius 2 is 1.67 bits per heavy atom. The Hall–Kier alpha value is -3.34. The monoisotopic (exact) mass is 544 g/mol. The molecule has 1 aromatic carbocycles. The van der Waals surface area contributed by atoms with Gasteiger partial charge in [-0.15, -0.1) is 0 Å². The van der Waals surface area contributed by atoms with Gasteiger partial charge in [-0.1, -0.05) is 35.5 Å². The SMILES string of the molecule is CC(C)(C)OC(=O)N(C[C@@]1(C)CC([C@@H]2CCC3CN2C(=O)N3OCc2ccccc2)=NO1)C(=O)OC(C)(C)C. The van der Waals surface area contributed by atoms with Crippen molar-refractivity contribution in [3.05, 3.63) is 35.9 Å². The van der Waals surface area contributed by atoms with Crippen LogP contribution in [0.1, 0.15) is 73.3 Å². The summed E-state index contributed by atoms with van der Waals surface area (Å²) in [6.45, 7) is 12.9. The molecule has 1 unspecified atom stereocenters. The highest BCUT2D eigenvalue weighted by Gasteiger charge is 2.50. The molecule has 3 heterocycles. The van der Waals surface area contributed by atoms with E-state index >= 15 is 0 Å². The molecule has 214 valence electrons. The van der Waals surface area contributed by atoms with Crippen LogP contribution in [0.25, 0.3) is 0 Å². The number of nitrogens with zero attached hydrogens (tertiary/aromatic N) is 4. The Morgan fingerprint density at radius 1 is 1.05 bits per heavy atom. The average Bonchev–Trinajstić information content (AvgIpc) is 3.33. The summed E-state index contributed by atoms with van der Waals surface area (Å²) in [5, 5.41) is 5.82. The molecule has 39 heavy (non-hydrogen) atoms. The van der Waals surface area contributed by atoms with Crippen LogP contribution in [0.3, 0.4) is 0 Å². The molecule has 2 fully saturated rings. The minimum absolute atomic E-state index is 0.0263. The van der Waals surface area contributed by atoms with Crippen molar-refractivity contribution in [2.45, 2.75) is 103 Å². The van der Waals surface area contributed by atoms with E-state index in [4.69, 9.17) is 19.1 Å². The van der Waals surface area contributed by atoms with E-state index in [1.807, 2.05) is 30.3 Å². The number of amides is 4. The highest BCUT2D eigenvalue weighted by Crippen LogP contribution is 2.36. The van der Waals surface area contributed by atoms with E-state index in [0.717, 1.165) is 16.9 Å². The van der Waals surface area contributed by atoms with Crippen molar-refractivity contribution < 1.29 is 33.5 Å². The first-order valence-corrected chi connectivity index (χ1v) is 13.4. The molecule has 0 aromatic heterocycles. The smallest absolute Gasteiger partial charge is 0.419 e. The lowest BCUT2D eigenvalue weighted by Gasteiger charge is -2.33. The number of fused-ring (bicyclic) bond motifs is 2. The topological polar surface area (TPSA) is 110 Å². The molecule has 2 bridgehead atoms. The molecule has 0 saturated carbocycles. The minimum Gasteiger partial charge on any atom is -0.443 e. The zero-order chi connectivity index (χ0) is 28.6. The second-order valence-corrected chi connectivity index (χ2v) is 12.6. The standard InChI is InChI=1S/C28H40N4O7/c1-26(2,3)37-24(34)31(25(35)38-27(4,5)6)18-28(7)15-21(29-39-28)22-14-13-20-16-30(22)23(33)32(20)36-17-19-11-9-8-10-12-19/h8-12,20,22H,13-18H2,1-7H3/t20?,22-,28+/m0/s1. The number of carbonyl (C=O) groups is 3. The van der Waals surface area contributed by atoms with Crippen LogP contribution in [-0.2, 0) is 25.8 Å². The Labute approximate surface area is 229 Å². The average molecular weight is 545 g/mol. The molecule has 0 radical (unpaired) electrons. The van der Waals surface area contributed by atoms with Gasteiger partial charge in [0.1, 0.15) is 17.8 Å². The Morgan fingerprint density at radius 3 is 2.26 bits per heavy atom. The zero-order valence-corrected chi connectivity index (χ0v) is 23.9. The van der Waals surface area contributed by atoms with E-state index in [0.29, 0.717) is 31.7 Å². The number of hydrogen-bond acceptors (Lipinski definition) is 8. The maximum atomic E-state index is 13.3. The second kappa shape index (κ2) is 10.7. The first-order chi connectivity index (χ1) is 18.1. The van der Waals surface area contributed by atoms with Crippen LogP contribution in [0.2, 0.25) is 0 Å². The molecule has 3 aliphatic rings. The van der Waals surface area contributed by atoms with Crippen molar-refractivity contribution in [3.63, 3.8) is 0 Å². The molecule has 4 amide bonds. The number of ether oxygens (including phenoxy) is 2. The van der Waals surface area contributed by atoms with Crippen molar-refractivity contribution in [1.29, 1.82) is 0 Å². The van der Waals surface area contributed by atoms with Gasteiger partial charge >= 0.3 is 18.2 Å². The fraction of sp³-hybridized carbons (Fsp3) is 0.643. The molecule has 11 nitrogen and oxygen atoms in total. The van der Waals surface area contributed by atoms with Crippen molar-refractivity contribution in [1.82, 2.24) is 14.9 Å². The number of urea groups is 1. The summed E-state index contributed by atoms with van der Waals surface area (Å²) in [4.78, 5) is 53.7. The van der Waals surface area contributed by atoms with Gasteiger partial charge in [-0.25, -0.2) is 19.3 Å². The highest BCUT2D eigenvalue weighted by atomic mass is 16.7. The van der Waals surface area contributed by atoms with Gasteiger partial charge in [-0.3, -0.25) is 4.84 Å². The predicted molar refractivity (Wildman–Crippen MR) is 143 cm³/mol. The third-order valence-corrected chi connectivity index (χ3v) is 6.58. The molecule has 0 N–H and O–H groups in total. The molecule has 0 aliphatic carbocycles. The largest absolute Gasteiger partial charge is 0.443 e. The van der Waals surface area contributed by atoms with Crippen molar-refractivity contribution in [2.24, 2.45) is 5.16 Å². The minimum atomic E-state index is -1.01. The number of hydroxylamine groups is 2. The number of rotatable bonds is 6. The lowest BCUT2D eigenvalue weighted by atomic mass is 9.90. The lowest BCUT2D eigenvalue weighted by Crippen LogP contribution is -2.51. The summed E-state index contributed by atoms with van der Waals surface area (Å²) in [6.07, 6.45) is 0.160. The van der Waals surface area contributed by atoms with Gasteiger partial charge in [0.2, 0.25) is 0 Å². The van der Waals surface area contributed by atoms with Crippen LogP contribution in [0.5, 0.6) is 0 Å². The molecule has 3 atom stereocenters. The van der Waals surface area contributed by atoms with Gasteiger partial charge in [0.05, 0.1) is 24.3 Å². The van der Waals surface area contributed by atoms with Gasteiger partial charge in [-0.05, 0) is 66.9 Å². The number of benzene rings is 1. The molecular weight excluding hydrogens is 504 g/mol. The Kier molecular flexibility index (Phi) is 7.84. The summed E-state index contributed by atoms with van der Waals surface area (Å²) in [5.74, 6) is 0. The number of imide groups is 1. The Balaban J connectivity index is 1.41. The maximum Gasteiger partial charge on any atom is 0.419 e. The summed E-state index contributed by atoms with van der Waals surface area (Å²) in [6, 6.07) is 9.25. The van der Waals surface area contributed by atoms with E-state index in [9.17, 15) is 14.4 Å². The summed E-state index contributed by atoms with van der Waals surface area (Å²) < 4.78 is 11.0. The zero-order valence-electron chi connectivity index (χ0n) is 23.9. The molecular formula is C28H40N4O7. The normalized spacial score (nSPS) is 24.8. The van der Waals surface area contributed by atoms with E-state index in [-0.39, 0.29) is 24.7 Å². The lowest BCUT2D eigenvalue weighted by molar-refractivity contribution is -0.140. The summed E-state index contributed by atoms with van der Waals surface area (Å²) in [5.41, 5.74) is -0.935. The quantitative estimate of drug-likeness (QED) is 0.490. The van der Waals surface area contributed by atoms with E-state index in [1.165, 1.54) is 5.06 Å². The van der Waals surface area contributed by atoms with Crippen LogP contribution in [-0.4, -0.2) is 80.8 Å². The van der Waals surface area contributed by atoms with Crippen LogP contribution in [0.4, 0.5) is 14.4 Å². The van der Waals surface area contributed by atoms with Gasteiger partial charge < -0.3 is 19.2 Å². The molecule has 4 rings (SSSR count). The highest BCUT2D eigenvalue weighted by molar-refractivity contribution is 5.95. The second-order valence-electron chi connectivity index (χ2n) is 12.6. The molecule has 2 saturated heterocycles. The molecule has 0 spiro atoms. The molecule has 11 heteroatoms. The van der Waals surface area contributed by atoms with Crippen LogP contribution in [0, 0.1) is 0 Å². The fourth-order valence-corrected chi connectivity index (χ4v) is 4.91. The number of carbonyl (C=O) groups excluding carboxylic acids is 3. The van der Waals surface area contributed by atoms with Crippen LogP contribution in [0.15, 0.2) is 35.5 Å². The number of piperidine rings is 1. The van der Waals surface area contributed by atoms with Crippen LogP contribution >= 0.6 is 0 Å².